The predicted octanol–water partition coefficient (Wildman–Crippen LogP) is 1.34. The second kappa shape index (κ2) is 4.73. The molecular weight excluding hydrogens is 216 g/mol. The van der Waals surface area contributed by atoms with Crippen molar-refractivity contribution in [3.63, 3.8) is 0 Å². The van der Waals surface area contributed by atoms with E-state index in [1.165, 1.54) is 18.3 Å². The minimum atomic E-state index is -0.709. The molecule has 0 spiro atoms. The van der Waals surface area contributed by atoms with E-state index in [-0.39, 0.29) is 17.1 Å². The Labute approximate surface area is 89.7 Å². The van der Waals surface area contributed by atoms with Gasteiger partial charge in [0, 0.05) is 18.5 Å². The fourth-order valence-electron chi connectivity index (χ4n) is 1.04. The van der Waals surface area contributed by atoms with Crippen molar-refractivity contribution in [2.75, 3.05) is 5.32 Å². The van der Waals surface area contributed by atoms with Crippen molar-refractivity contribution in [2.24, 2.45) is 5.73 Å². The van der Waals surface area contributed by atoms with Crippen molar-refractivity contribution in [1.29, 1.82) is 0 Å². The molecular formula is C8H8N4O4. The summed E-state index contributed by atoms with van der Waals surface area (Å²) in [5.41, 5.74) is 4.47. The van der Waals surface area contributed by atoms with Crippen molar-refractivity contribution in [3.05, 3.63) is 50.8 Å². The minimum Gasteiger partial charge on any atom is -0.403 e. The molecule has 0 aromatic heterocycles. The molecule has 0 saturated carbocycles. The highest BCUT2D eigenvalue weighted by molar-refractivity contribution is 5.66. The number of nitro benzene ring substituents is 2. The van der Waals surface area contributed by atoms with Gasteiger partial charge in [-0.05, 0) is 6.07 Å². The smallest absolute Gasteiger partial charge is 0.299 e. The summed E-state index contributed by atoms with van der Waals surface area (Å²) in [5.74, 6) is 0. The quantitative estimate of drug-likeness (QED) is 0.587. The first-order valence-corrected chi connectivity index (χ1v) is 4.12. The summed E-state index contributed by atoms with van der Waals surface area (Å²) in [7, 11) is 0. The van der Waals surface area contributed by atoms with Crippen LogP contribution in [0.25, 0.3) is 0 Å². The number of nitrogens with two attached hydrogens (primary N) is 1. The van der Waals surface area contributed by atoms with Gasteiger partial charge in [-0.1, -0.05) is 0 Å². The Kier molecular flexibility index (Phi) is 3.38. The summed E-state index contributed by atoms with van der Waals surface area (Å²) in [6.45, 7) is 0. The van der Waals surface area contributed by atoms with Gasteiger partial charge in [-0.25, -0.2) is 0 Å². The van der Waals surface area contributed by atoms with Gasteiger partial charge in [0.1, 0.15) is 5.69 Å². The molecule has 0 heterocycles. The van der Waals surface area contributed by atoms with E-state index >= 15 is 0 Å². The van der Waals surface area contributed by atoms with E-state index in [1.807, 2.05) is 0 Å². The normalized spacial score (nSPS) is 10.2. The topological polar surface area (TPSA) is 124 Å². The Morgan fingerprint density at radius 2 is 1.94 bits per heavy atom. The van der Waals surface area contributed by atoms with E-state index in [0.717, 1.165) is 12.3 Å². The highest BCUT2D eigenvalue weighted by Gasteiger charge is 2.18. The maximum absolute atomic E-state index is 10.6. The fourth-order valence-corrected chi connectivity index (χ4v) is 1.04. The standard InChI is InChI=1S/C8H8N4O4/c9-3-4-10-7-2-1-6(11(13)14)5-8(7)12(15)16/h1-5,10H,9H2/b4-3+. The molecule has 0 atom stereocenters. The molecule has 0 unspecified atom stereocenters. The van der Waals surface area contributed by atoms with Gasteiger partial charge >= 0.3 is 0 Å². The number of hydrogen-bond acceptors (Lipinski definition) is 6. The van der Waals surface area contributed by atoms with E-state index in [9.17, 15) is 20.2 Å². The summed E-state index contributed by atoms with van der Waals surface area (Å²) in [5, 5.41) is 23.6. The molecule has 84 valence electrons. The van der Waals surface area contributed by atoms with Gasteiger partial charge in [-0.15, -0.1) is 0 Å². The minimum absolute atomic E-state index is 0.136. The zero-order valence-corrected chi connectivity index (χ0v) is 7.99. The van der Waals surface area contributed by atoms with Gasteiger partial charge in [0.05, 0.1) is 15.9 Å². The lowest BCUT2D eigenvalue weighted by molar-refractivity contribution is -0.393. The summed E-state index contributed by atoms with van der Waals surface area (Å²) >= 11 is 0. The Morgan fingerprint density at radius 1 is 1.25 bits per heavy atom. The highest BCUT2D eigenvalue weighted by atomic mass is 16.6. The number of nitrogens with zero attached hydrogens (tertiary/aromatic N) is 2. The van der Waals surface area contributed by atoms with E-state index < -0.39 is 9.85 Å². The molecule has 0 fully saturated rings. The lowest BCUT2D eigenvalue weighted by atomic mass is 10.2. The largest absolute Gasteiger partial charge is 0.403 e. The summed E-state index contributed by atoms with van der Waals surface area (Å²) in [4.78, 5) is 19.7. The first-order chi connectivity index (χ1) is 7.56. The molecule has 1 aromatic carbocycles. The average Bonchev–Trinajstić information content (AvgIpc) is 2.25. The summed E-state index contributed by atoms with van der Waals surface area (Å²) in [6, 6.07) is 3.29. The molecule has 1 rings (SSSR count). The number of anilines is 1. The lowest BCUT2D eigenvalue weighted by Crippen LogP contribution is -1.98. The molecule has 16 heavy (non-hydrogen) atoms. The van der Waals surface area contributed by atoms with E-state index in [4.69, 9.17) is 5.73 Å². The molecule has 0 bridgehead atoms. The van der Waals surface area contributed by atoms with Crippen molar-refractivity contribution in [1.82, 2.24) is 0 Å². The first kappa shape index (κ1) is 11.4. The summed E-state index contributed by atoms with van der Waals surface area (Å²) in [6.07, 6.45) is 2.44. The molecule has 0 radical (unpaired) electrons. The van der Waals surface area contributed by atoms with Crippen LogP contribution >= 0.6 is 0 Å². The number of hydrogen-bond donors (Lipinski definition) is 2. The Hall–Kier alpha value is -2.64. The summed E-state index contributed by atoms with van der Waals surface area (Å²) < 4.78 is 0. The van der Waals surface area contributed by atoms with Gasteiger partial charge in [0.2, 0.25) is 0 Å². The van der Waals surface area contributed by atoms with E-state index in [0.29, 0.717) is 0 Å². The van der Waals surface area contributed by atoms with Crippen molar-refractivity contribution in [2.45, 2.75) is 0 Å². The number of rotatable bonds is 4. The van der Waals surface area contributed by atoms with Crippen LogP contribution in [0.15, 0.2) is 30.6 Å². The van der Waals surface area contributed by atoms with Gasteiger partial charge < -0.3 is 11.1 Å². The van der Waals surface area contributed by atoms with Crippen LogP contribution in [-0.4, -0.2) is 9.85 Å². The molecule has 3 N–H and O–H groups in total. The molecule has 0 saturated heterocycles. The monoisotopic (exact) mass is 224 g/mol. The Bertz CT molecular complexity index is 457. The van der Waals surface area contributed by atoms with Crippen molar-refractivity contribution in [3.8, 4) is 0 Å². The SMILES string of the molecule is N/C=C/Nc1ccc([N+](=O)[O-])cc1[N+](=O)[O-]. The molecule has 0 amide bonds. The number of nitro groups is 2. The van der Waals surface area contributed by atoms with Crippen molar-refractivity contribution < 1.29 is 9.85 Å². The third kappa shape index (κ3) is 2.44. The predicted molar refractivity (Wildman–Crippen MR) is 56.7 cm³/mol. The van der Waals surface area contributed by atoms with Crippen LogP contribution in [-0.2, 0) is 0 Å². The maximum Gasteiger partial charge on any atom is 0.299 e. The molecule has 0 aliphatic carbocycles. The lowest BCUT2D eigenvalue weighted by Gasteiger charge is -2.01. The van der Waals surface area contributed by atoms with Crippen LogP contribution in [0.4, 0.5) is 17.1 Å². The molecule has 1 aromatic rings. The number of non-ortho nitro benzene ring substituents is 1. The van der Waals surface area contributed by atoms with Gasteiger partial charge in [0.15, 0.2) is 0 Å². The Balaban J connectivity index is 3.19. The van der Waals surface area contributed by atoms with Gasteiger partial charge in [-0.2, -0.15) is 0 Å². The fraction of sp³-hybridized carbons (Fsp3) is 0. The highest BCUT2D eigenvalue weighted by Crippen LogP contribution is 2.28. The van der Waals surface area contributed by atoms with E-state index in [2.05, 4.69) is 5.32 Å². The van der Waals surface area contributed by atoms with E-state index in [1.54, 1.807) is 0 Å². The maximum atomic E-state index is 10.6. The van der Waals surface area contributed by atoms with Gasteiger partial charge in [-0.3, -0.25) is 20.2 Å². The Morgan fingerprint density at radius 3 is 2.44 bits per heavy atom. The first-order valence-electron chi connectivity index (χ1n) is 4.12. The van der Waals surface area contributed by atoms with Crippen LogP contribution in [0.1, 0.15) is 0 Å². The third-order valence-electron chi connectivity index (χ3n) is 1.72. The number of benzene rings is 1. The van der Waals surface area contributed by atoms with Crippen LogP contribution in [0.5, 0.6) is 0 Å². The van der Waals surface area contributed by atoms with Crippen LogP contribution in [0.3, 0.4) is 0 Å². The molecule has 0 aliphatic rings. The second-order valence-electron chi connectivity index (χ2n) is 2.72. The van der Waals surface area contributed by atoms with Crippen LogP contribution in [0, 0.1) is 20.2 Å². The molecule has 8 nitrogen and oxygen atoms in total. The second-order valence-corrected chi connectivity index (χ2v) is 2.72. The van der Waals surface area contributed by atoms with Crippen molar-refractivity contribution >= 4 is 17.1 Å². The van der Waals surface area contributed by atoms with Crippen LogP contribution in [0.2, 0.25) is 0 Å². The van der Waals surface area contributed by atoms with Crippen LogP contribution < -0.4 is 11.1 Å². The zero-order valence-electron chi connectivity index (χ0n) is 7.99. The zero-order chi connectivity index (χ0) is 12.1. The average molecular weight is 224 g/mol. The molecule has 0 aliphatic heterocycles. The van der Waals surface area contributed by atoms with Gasteiger partial charge in [0.25, 0.3) is 11.4 Å². The molecule has 8 heteroatoms. The number of nitrogens with one attached hydrogen (secondary N) is 1. The third-order valence-corrected chi connectivity index (χ3v) is 1.72.